The Morgan fingerprint density at radius 3 is 2.62 bits per heavy atom. The van der Waals surface area contributed by atoms with Crippen LogP contribution in [0.2, 0.25) is 0 Å². The van der Waals surface area contributed by atoms with Crippen LogP contribution in [0, 0.1) is 0 Å². The van der Waals surface area contributed by atoms with E-state index in [1.54, 1.807) is 38.3 Å². The van der Waals surface area contributed by atoms with Crippen LogP contribution < -0.4 is 10.1 Å². The molecule has 1 amide bonds. The van der Waals surface area contributed by atoms with E-state index in [4.69, 9.17) is 9.47 Å². The van der Waals surface area contributed by atoms with Crippen molar-refractivity contribution in [2.24, 2.45) is 0 Å². The molecule has 0 bridgehead atoms. The highest BCUT2D eigenvalue weighted by Crippen LogP contribution is 2.16. The molecular weight excluding hydrogens is 274 g/mol. The zero-order valence-corrected chi connectivity index (χ0v) is 11.7. The van der Waals surface area contributed by atoms with Gasteiger partial charge in [0.15, 0.2) is 11.4 Å². The molecule has 0 aliphatic rings. The number of nitrogens with one attached hydrogen (secondary N) is 2. The summed E-state index contributed by atoms with van der Waals surface area (Å²) in [6.45, 7) is 1.91. The molecule has 2 rings (SSSR count). The molecule has 1 aromatic heterocycles. The maximum Gasteiger partial charge on any atom is 0.357 e. The van der Waals surface area contributed by atoms with Crippen LogP contribution in [-0.2, 0) is 4.74 Å². The third kappa shape index (κ3) is 3.38. The highest BCUT2D eigenvalue weighted by atomic mass is 16.5. The number of hydrogen-bond donors (Lipinski definition) is 2. The lowest BCUT2D eigenvalue weighted by molar-refractivity contribution is 0.0517. The standard InChI is InChI=1S/C14H15N3O4/c1-3-21-14(19)12-11(15-8-16-12)13(18)17-9-4-6-10(20-2)7-5-9/h4-8H,3H2,1-2H3,(H,15,16)(H,17,18). The van der Waals surface area contributed by atoms with Crippen molar-refractivity contribution < 1.29 is 19.1 Å². The van der Waals surface area contributed by atoms with Gasteiger partial charge in [0.05, 0.1) is 20.0 Å². The number of hydrogen-bond acceptors (Lipinski definition) is 5. The van der Waals surface area contributed by atoms with E-state index in [9.17, 15) is 9.59 Å². The summed E-state index contributed by atoms with van der Waals surface area (Å²) in [5, 5.41) is 2.65. The number of esters is 1. The number of H-pyrrole nitrogens is 1. The zero-order valence-electron chi connectivity index (χ0n) is 11.7. The van der Waals surface area contributed by atoms with Gasteiger partial charge in [0.2, 0.25) is 0 Å². The number of carbonyl (C=O) groups is 2. The predicted molar refractivity (Wildman–Crippen MR) is 75.5 cm³/mol. The van der Waals surface area contributed by atoms with E-state index < -0.39 is 11.9 Å². The summed E-state index contributed by atoms with van der Waals surface area (Å²) in [7, 11) is 1.56. The van der Waals surface area contributed by atoms with Crippen LogP contribution in [0.15, 0.2) is 30.6 Å². The van der Waals surface area contributed by atoms with Crippen LogP contribution in [0.3, 0.4) is 0 Å². The summed E-state index contributed by atoms with van der Waals surface area (Å²) < 4.78 is 9.88. The Kier molecular flexibility index (Phi) is 4.55. The van der Waals surface area contributed by atoms with Crippen LogP contribution in [0.1, 0.15) is 27.9 Å². The third-order valence-corrected chi connectivity index (χ3v) is 2.68. The Morgan fingerprint density at radius 1 is 1.29 bits per heavy atom. The second-order valence-corrected chi connectivity index (χ2v) is 4.03. The molecule has 0 saturated carbocycles. The van der Waals surface area contributed by atoms with E-state index in [2.05, 4.69) is 15.3 Å². The second-order valence-electron chi connectivity index (χ2n) is 4.03. The molecule has 21 heavy (non-hydrogen) atoms. The van der Waals surface area contributed by atoms with Crippen molar-refractivity contribution in [3.8, 4) is 5.75 Å². The second kappa shape index (κ2) is 6.56. The summed E-state index contributed by atoms with van der Waals surface area (Å²) >= 11 is 0. The van der Waals surface area contributed by atoms with E-state index in [1.165, 1.54) is 6.33 Å². The first-order chi connectivity index (χ1) is 10.2. The monoisotopic (exact) mass is 289 g/mol. The number of carbonyl (C=O) groups excluding carboxylic acids is 2. The number of rotatable bonds is 5. The summed E-state index contributed by atoms with van der Waals surface area (Å²) in [6, 6.07) is 6.81. The minimum atomic E-state index is -0.616. The maximum absolute atomic E-state index is 12.1. The van der Waals surface area contributed by atoms with Crippen molar-refractivity contribution in [2.75, 3.05) is 19.0 Å². The molecule has 0 aliphatic heterocycles. The smallest absolute Gasteiger partial charge is 0.357 e. The van der Waals surface area contributed by atoms with Crippen LogP contribution in [0.5, 0.6) is 5.75 Å². The third-order valence-electron chi connectivity index (χ3n) is 2.68. The average Bonchev–Trinajstić information content (AvgIpc) is 2.98. The molecule has 2 N–H and O–H groups in total. The van der Waals surface area contributed by atoms with Gasteiger partial charge >= 0.3 is 5.97 Å². The quantitative estimate of drug-likeness (QED) is 0.819. The fraction of sp³-hybridized carbons (Fsp3) is 0.214. The molecule has 110 valence electrons. The minimum Gasteiger partial charge on any atom is -0.497 e. The molecule has 2 aromatic rings. The number of ether oxygens (including phenoxy) is 2. The number of aromatic nitrogens is 2. The van der Waals surface area contributed by atoms with Crippen molar-refractivity contribution in [1.82, 2.24) is 9.97 Å². The number of imidazole rings is 1. The van der Waals surface area contributed by atoms with Crippen molar-refractivity contribution in [3.05, 3.63) is 42.0 Å². The molecule has 0 atom stereocenters. The van der Waals surface area contributed by atoms with Gasteiger partial charge in [-0.2, -0.15) is 0 Å². The first-order valence-corrected chi connectivity index (χ1v) is 6.31. The topological polar surface area (TPSA) is 93.3 Å². The van der Waals surface area contributed by atoms with E-state index >= 15 is 0 Å². The number of anilines is 1. The molecule has 0 unspecified atom stereocenters. The van der Waals surface area contributed by atoms with Gasteiger partial charge in [-0.25, -0.2) is 9.78 Å². The van der Waals surface area contributed by atoms with Crippen LogP contribution in [-0.4, -0.2) is 35.6 Å². The van der Waals surface area contributed by atoms with E-state index in [-0.39, 0.29) is 18.0 Å². The van der Waals surface area contributed by atoms with Gasteiger partial charge in [-0.1, -0.05) is 0 Å². The first-order valence-electron chi connectivity index (χ1n) is 6.31. The molecule has 1 aromatic carbocycles. The van der Waals surface area contributed by atoms with Gasteiger partial charge in [0.25, 0.3) is 5.91 Å². The van der Waals surface area contributed by atoms with Crippen molar-refractivity contribution in [3.63, 3.8) is 0 Å². The fourth-order valence-corrected chi connectivity index (χ4v) is 1.69. The summed E-state index contributed by atoms with van der Waals surface area (Å²) in [5.41, 5.74) is 0.589. The largest absolute Gasteiger partial charge is 0.497 e. The maximum atomic E-state index is 12.1. The van der Waals surface area contributed by atoms with Crippen molar-refractivity contribution in [1.29, 1.82) is 0 Å². The first kappa shape index (κ1) is 14.6. The van der Waals surface area contributed by atoms with Crippen LogP contribution in [0.25, 0.3) is 0 Å². The van der Waals surface area contributed by atoms with E-state index in [1.807, 2.05) is 0 Å². The molecule has 7 nitrogen and oxygen atoms in total. The number of aromatic amines is 1. The van der Waals surface area contributed by atoms with Gasteiger partial charge in [0.1, 0.15) is 5.75 Å². The summed E-state index contributed by atoms with van der Waals surface area (Å²) in [5.74, 6) is -0.431. The van der Waals surface area contributed by atoms with Gasteiger partial charge in [-0.15, -0.1) is 0 Å². The van der Waals surface area contributed by atoms with Crippen molar-refractivity contribution >= 4 is 17.6 Å². The number of nitrogens with zero attached hydrogens (tertiary/aromatic N) is 1. The Hall–Kier alpha value is -2.83. The molecule has 0 radical (unpaired) electrons. The van der Waals surface area contributed by atoms with Crippen LogP contribution in [0.4, 0.5) is 5.69 Å². The van der Waals surface area contributed by atoms with Crippen molar-refractivity contribution in [2.45, 2.75) is 6.92 Å². The van der Waals surface area contributed by atoms with E-state index in [0.717, 1.165) is 0 Å². The molecule has 1 heterocycles. The highest BCUT2D eigenvalue weighted by molar-refractivity contribution is 6.08. The van der Waals surface area contributed by atoms with Gasteiger partial charge in [-0.05, 0) is 31.2 Å². The van der Waals surface area contributed by atoms with Gasteiger partial charge < -0.3 is 19.8 Å². The molecule has 0 aliphatic carbocycles. The predicted octanol–water partition coefficient (Wildman–Crippen LogP) is 1.85. The number of amides is 1. The average molecular weight is 289 g/mol. The lowest BCUT2D eigenvalue weighted by atomic mass is 10.2. The van der Waals surface area contributed by atoms with Gasteiger partial charge in [-0.3, -0.25) is 4.79 Å². The molecule has 7 heteroatoms. The Labute approximate surface area is 121 Å². The lowest BCUT2D eigenvalue weighted by Gasteiger charge is -2.06. The Morgan fingerprint density at radius 2 is 2.00 bits per heavy atom. The fourth-order valence-electron chi connectivity index (χ4n) is 1.69. The molecule has 0 saturated heterocycles. The molecule has 0 spiro atoms. The molecular formula is C14H15N3O4. The minimum absolute atomic E-state index is 0.00994. The van der Waals surface area contributed by atoms with E-state index in [0.29, 0.717) is 11.4 Å². The Bertz CT molecular complexity index is 634. The number of benzene rings is 1. The zero-order chi connectivity index (χ0) is 15.2. The normalized spacial score (nSPS) is 10.0. The summed E-state index contributed by atoms with van der Waals surface area (Å²) in [4.78, 5) is 30.3. The lowest BCUT2D eigenvalue weighted by Crippen LogP contribution is -2.17. The SMILES string of the molecule is CCOC(=O)c1[nH]cnc1C(=O)Nc1ccc(OC)cc1. The number of methoxy groups -OCH3 is 1. The van der Waals surface area contributed by atoms with Crippen LogP contribution >= 0.6 is 0 Å². The molecule has 0 fully saturated rings. The highest BCUT2D eigenvalue weighted by Gasteiger charge is 2.21. The summed E-state index contributed by atoms with van der Waals surface area (Å²) in [6.07, 6.45) is 1.27. The van der Waals surface area contributed by atoms with Gasteiger partial charge in [0, 0.05) is 5.69 Å². The Balaban J connectivity index is 2.13.